The van der Waals surface area contributed by atoms with Gasteiger partial charge in [0.2, 0.25) is 5.91 Å². The van der Waals surface area contributed by atoms with Gasteiger partial charge in [0.05, 0.1) is 29.0 Å². The predicted molar refractivity (Wildman–Crippen MR) is 168 cm³/mol. The van der Waals surface area contributed by atoms with Crippen LogP contribution < -0.4 is 21.1 Å². The Morgan fingerprint density at radius 1 is 1.11 bits per heavy atom. The van der Waals surface area contributed by atoms with Crippen molar-refractivity contribution in [1.82, 2.24) is 25.2 Å². The molecule has 0 spiro atoms. The van der Waals surface area contributed by atoms with Gasteiger partial charge in [0, 0.05) is 41.6 Å². The van der Waals surface area contributed by atoms with Crippen LogP contribution in [0.2, 0.25) is 0 Å². The van der Waals surface area contributed by atoms with Crippen molar-refractivity contribution in [1.29, 1.82) is 0 Å². The molecule has 1 aromatic carbocycles. The van der Waals surface area contributed by atoms with Gasteiger partial charge in [-0.2, -0.15) is 0 Å². The molecule has 13 heteroatoms. The number of hydrogen-bond donors (Lipinski definition) is 4. The Bertz CT molecular complexity index is 1750. The lowest BCUT2D eigenvalue weighted by Crippen LogP contribution is -2.44. The zero-order chi connectivity index (χ0) is 33.2. The zero-order valence-electron chi connectivity index (χ0n) is 26.7. The minimum atomic E-state index is -1.90. The highest BCUT2D eigenvalue weighted by molar-refractivity contribution is 5.93. The average molecular weight is 636 g/mol. The number of nitrogens with zero attached hydrogens (tertiary/aromatic N) is 3. The smallest absolute Gasteiger partial charge is 0.412 e. The van der Waals surface area contributed by atoms with Crippen LogP contribution in [-0.4, -0.2) is 63.4 Å². The van der Waals surface area contributed by atoms with Gasteiger partial charge in [0.15, 0.2) is 5.60 Å². The van der Waals surface area contributed by atoms with E-state index < -0.39 is 23.6 Å². The van der Waals surface area contributed by atoms with Crippen molar-refractivity contribution in [2.24, 2.45) is 0 Å². The van der Waals surface area contributed by atoms with Crippen molar-refractivity contribution in [2.75, 3.05) is 20.6 Å². The molecule has 246 valence electrons. The van der Waals surface area contributed by atoms with Gasteiger partial charge in [-0.05, 0) is 63.5 Å². The quantitative estimate of drug-likeness (QED) is 0.0784. The summed E-state index contributed by atoms with van der Waals surface area (Å²) in [6.07, 6.45) is 3.34. The van der Waals surface area contributed by atoms with E-state index >= 15 is 0 Å². The van der Waals surface area contributed by atoms with Gasteiger partial charge < -0.3 is 29.4 Å². The number of pyridine rings is 2. The largest absolute Gasteiger partial charge is 0.458 e. The number of amides is 2. The van der Waals surface area contributed by atoms with Crippen LogP contribution in [0.25, 0.3) is 22.3 Å². The number of esters is 1. The fourth-order valence-electron chi connectivity index (χ4n) is 6.43. The molecule has 13 nitrogen and oxygen atoms in total. The summed E-state index contributed by atoms with van der Waals surface area (Å²) < 4.78 is 12.7. The number of unbranched alkanes of at least 4 members (excludes halogenated alkanes) is 3. The van der Waals surface area contributed by atoms with Crippen LogP contribution in [0.4, 0.5) is 4.79 Å². The summed E-state index contributed by atoms with van der Waals surface area (Å²) >= 11 is 0. The van der Waals surface area contributed by atoms with E-state index in [1.54, 1.807) is 35.2 Å². The molecule has 46 heavy (non-hydrogen) atoms. The fraction of sp³-hybridized carbons (Fsp3) is 0.485. The summed E-state index contributed by atoms with van der Waals surface area (Å²) in [5.41, 5.74) is 4.45. The number of benzene rings is 1. The minimum Gasteiger partial charge on any atom is -0.458 e. The molecule has 2 aliphatic heterocycles. The lowest BCUT2D eigenvalue weighted by molar-refractivity contribution is -0.172. The number of fused-ring (bicyclic) bond motifs is 5. The first kappa shape index (κ1) is 33.0. The minimum absolute atomic E-state index is 0.0652. The summed E-state index contributed by atoms with van der Waals surface area (Å²) in [7, 11) is 3.86. The van der Waals surface area contributed by atoms with Crippen LogP contribution in [0.1, 0.15) is 80.2 Å². The zero-order valence-corrected chi connectivity index (χ0v) is 26.7. The van der Waals surface area contributed by atoms with Crippen LogP contribution in [0.15, 0.2) is 23.0 Å². The maximum atomic E-state index is 13.7. The van der Waals surface area contributed by atoms with Crippen molar-refractivity contribution < 1.29 is 34.2 Å². The molecule has 1 atom stereocenters. The molecule has 3 aromatic rings. The number of carbonyl (C=O) groups is 3. The first-order valence-corrected chi connectivity index (χ1v) is 15.7. The first-order valence-electron chi connectivity index (χ1n) is 15.7. The average Bonchev–Trinajstić information content (AvgIpc) is 3.40. The number of aliphatic hydroxyl groups is 1. The molecule has 0 radical (unpaired) electrons. The van der Waals surface area contributed by atoms with E-state index in [-0.39, 0.29) is 42.7 Å². The van der Waals surface area contributed by atoms with Gasteiger partial charge in [-0.3, -0.25) is 14.8 Å². The third-order valence-corrected chi connectivity index (χ3v) is 8.79. The lowest BCUT2D eigenvalue weighted by atomic mass is 9.86. The van der Waals surface area contributed by atoms with Gasteiger partial charge in [0.25, 0.3) is 5.56 Å². The number of hydroxylamine groups is 1. The molecule has 0 saturated heterocycles. The molecule has 0 unspecified atom stereocenters. The monoisotopic (exact) mass is 635 g/mol. The molecule has 2 aliphatic rings. The summed E-state index contributed by atoms with van der Waals surface area (Å²) in [6, 6.07) is 5.24. The van der Waals surface area contributed by atoms with Gasteiger partial charge >= 0.3 is 12.1 Å². The maximum Gasteiger partial charge on any atom is 0.412 e. The summed E-state index contributed by atoms with van der Waals surface area (Å²) in [6.45, 7) is 4.67. The Balaban J connectivity index is 1.46. The first-order chi connectivity index (χ1) is 22.0. The summed E-state index contributed by atoms with van der Waals surface area (Å²) in [5, 5.41) is 23.4. The molecule has 4 heterocycles. The second-order valence-electron chi connectivity index (χ2n) is 12.1. The number of nitrogens with one attached hydrogen (secondary N) is 2. The highest BCUT2D eigenvalue weighted by Gasteiger charge is 2.45. The number of aryl methyl sites for hydroxylation is 1. The molecule has 0 saturated carbocycles. The van der Waals surface area contributed by atoms with Crippen LogP contribution in [0, 0.1) is 0 Å². The lowest BCUT2D eigenvalue weighted by Gasteiger charge is -2.31. The molecule has 0 aliphatic carbocycles. The third-order valence-electron chi connectivity index (χ3n) is 8.79. The van der Waals surface area contributed by atoms with Gasteiger partial charge in [0.1, 0.15) is 12.4 Å². The molecule has 2 aromatic heterocycles. The molecular formula is C33H41N5O8. The van der Waals surface area contributed by atoms with Crippen LogP contribution in [0.3, 0.4) is 0 Å². The van der Waals surface area contributed by atoms with Gasteiger partial charge in [-0.25, -0.2) is 20.1 Å². The van der Waals surface area contributed by atoms with Crippen LogP contribution in [0.5, 0.6) is 5.75 Å². The molecule has 5 rings (SSSR count). The summed E-state index contributed by atoms with van der Waals surface area (Å²) in [5.74, 6) is -0.760. The normalized spacial score (nSPS) is 16.5. The Morgan fingerprint density at radius 2 is 1.87 bits per heavy atom. The van der Waals surface area contributed by atoms with E-state index in [1.165, 1.54) is 0 Å². The van der Waals surface area contributed by atoms with E-state index in [1.807, 2.05) is 25.9 Å². The molecule has 2 amide bonds. The molecule has 0 bridgehead atoms. The number of rotatable bonds is 12. The van der Waals surface area contributed by atoms with Crippen LogP contribution >= 0.6 is 0 Å². The second-order valence-corrected chi connectivity index (χ2v) is 12.1. The van der Waals surface area contributed by atoms with Crippen molar-refractivity contribution >= 4 is 28.9 Å². The predicted octanol–water partition coefficient (Wildman–Crippen LogP) is 3.25. The number of aromatic nitrogens is 2. The number of cyclic esters (lactones) is 1. The Labute approximate surface area is 266 Å². The summed E-state index contributed by atoms with van der Waals surface area (Å²) in [4.78, 5) is 57.2. The fourth-order valence-corrected chi connectivity index (χ4v) is 6.43. The molecule has 4 N–H and O–H groups in total. The highest BCUT2D eigenvalue weighted by atomic mass is 16.6. The van der Waals surface area contributed by atoms with Crippen molar-refractivity contribution in [3.8, 4) is 17.1 Å². The van der Waals surface area contributed by atoms with E-state index in [9.17, 15) is 24.3 Å². The van der Waals surface area contributed by atoms with Gasteiger partial charge in [-0.15, -0.1) is 0 Å². The van der Waals surface area contributed by atoms with E-state index in [4.69, 9.17) is 19.7 Å². The van der Waals surface area contributed by atoms with E-state index in [2.05, 4.69) is 5.32 Å². The highest BCUT2D eigenvalue weighted by Crippen LogP contribution is 2.42. The third kappa shape index (κ3) is 6.09. The van der Waals surface area contributed by atoms with Crippen molar-refractivity contribution in [2.45, 2.75) is 84.1 Å². The standard InChI is InChI=1S/C33H41N5O8/c1-5-19-20-17-38-25(15-23-22(30(38)40)18-45-31(41)33(23,43)6-2)29(20)35-24-12-13-26(21(28(19)24)16-37(3)4)46-32(42)34-14-10-8-7-9-11-27(39)36-44/h12-13,15,43-44H,5-11,14,16-18H2,1-4H3,(H,34,42)(H,36,39)/t33-/m0/s1. The Morgan fingerprint density at radius 3 is 2.57 bits per heavy atom. The second kappa shape index (κ2) is 13.6. The molecular weight excluding hydrogens is 594 g/mol. The van der Waals surface area contributed by atoms with E-state index in [0.717, 1.165) is 34.9 Å². The topological polar surface area (TPSA) is 172 Å². The number of carbonyl (C=O) groups excluding carboxylic acids is 3. The Kier molecular flexibility index (Phi) is 9.75. The number of hydrogen-bond acceptors (Lipinski definition) is 10. The van der Waals surface area contributed by atoms with E-state index in [0.29, 0.717) is 55.0 Å². The van der Waals surface area contributed by atoms with Gasteiger partial charge in [-0.1, -0.05) is 26.7 Å². The Hall–Kier alpha value is -4.33. The molecule has 0 fully saturated rings. The van der Waals surface area contributed by atoms with Crippen LogP contribution in [-0.2, 0) is 46.0 Å². The maximum absolute atomic E-state index is 13.7. The van der Waals surface area contributed by atoms with Crippen molar-refractivity contribution in [3.05, 3.63) is 56.4 Å². The SMILES string of the molecule is CCc1c2c(nc3ccc(OC(=O)NCCCCCCC(=O)NO)c(CN(C)C)c13)-c1cc3c(c(=O)n1C2)COC(=O)[C@]3(O)CC. The van der Waals surface area contributed by atoms with Crippen molar-refractivity contribution in [3.63, 3.8) is 0 Å². The number of ether oxygens (including phenoxy) is 2.